The van der Waals surface area contributed by atoms with E-state index in [0.717, 1.165) is 6.20 Å². The molecule has 2 aromatic heterocycles. The number of rotatable bonds is 1. The van der Waals surface area contributed by atoms with Gasteiger partial charge in [-0.05, 0) is 0 Å². The van der Waals surface area contributed by atoms with E-state index in [2.05, 4.69) is 9.97 Å². The number of nitro groups is 1. The maximum absolute atomic E-state index is 13.4. The third-order valence-corrected chi connectivity index (χ3v) is 2.31. The monoisotopic (exact) mass is 259 g/mol. The Hall–Kier alpha value is -2.22. The van der Waals surface area contributed by atoms with E-state index in [1.165, 1.54) is 0 Å². The Bertz CT molecular complexity index is 648. The van der Waals surface area contributed by atoms with Crippen LogP contribution in [0.5, 0.6) is 11.6 Å². The van der Waals surface area contributed by atoms with Crippen LogP contribution in [0.3, 0.4) is 0 Å². The van der Waals surface area contributed by atoms with Gasteiger partial charge in [-0.1, -0.05) is 11.6 Å². The minimum Gasteiger partial charge on any atom is -0.501 e. The van der Waals surface area contributed by atoms with Gasteiger partial charge in [-0.15, -0.1) is 0 Å². The molecule has 0 aliphatic heterocycles. The Morgan fingerprint density at radius 1 is 1.47 bits per heavy atom. The number of fused-ring (bicyclic) bond motifs is 1. The maximum atomic E-state index is 13.4. The summed E-state index contributed by atoms with van der Waals surface area (Å²) in [5.41, 5.74) is -1.51. The fraction of sp³-hybridized carbons (Fsp3) is 0. The average molecular weight is 260 g/mol. The molecule has 0 amide bonds. The topological polar surface area (TPSA) is 109 Å². The molecule has 0 spiro atoms. The molecule has 2 rings (SSSR count). The van der Waals surface area contributed by atoms with E-state index >= 15 is 0 Å². The largest absolute Gasteiger partial charge is 0.501 e. The fourth-order valence-corrected chi connectivity index (χ4v) is 1.44. The number of hydrogen-bond donors (Lipinski definition) is 2. The molecule has 0 fully saturated rings. The zero-order chi connectivity index (χ0) is 12.7. The first kappa shape index (κ1) is 11.3. The number of aromatic nitrogens is 2. The zero-order valence-corrected chi connectivity index (χ0v) is 8.64. The van der Waals surface area contributed by atoms with Crippen molar-refractivity contribution in [2.24, 2.45) is 0 Å². The Morgan fingerprint density at radius 3 is 2.71 bits per heavy atom. The lowest BCUT2D eigenvalue weighted by Gasteiger charge is -2.04. The van der Waals surface area contributed by atoms with Crippen LogP contribution in [0.25, 0.3) is 10.9 Å². The Morgan fingerprint density at radius 2 is 2.12 bits per heavy atom. The van der Waals surface area contributed by atoms with Crippen LogP contribution in [0, 0.1) is 15.9 Å². The fourth-order valence-electron chi connectivity index (χ4n) is 1.30. The van der Waals surface area contributed by atoms with Crippen LogP contribution in [0.1, 0.15) is 0 Å². The van der Waals surface area contributed by atoms with Gasteiger partial charge in [-0.3, -0.25) is 10.1 Å². The molecule has 0 unspecified atom stereocenters. The summed E-state index contributed by atoms with van der Waals surface area (Å²) in [6.07, 6.45) is 0.926. The summed E-state index contributed by atoms with van der Waals surface area (Å²) in [6, 6.07) is 0. The molecule has 0 radical (unpaired) electrons. The third-order valence-electron chi connectivity index (χ3n) is 2.04. The number of hydrogen-bond acceptors (Lipinski definition) is 6. The van der Waals surface area contributed by atoms with Crippen LogP contribution in [-0.2, 0) is 0 Å². The normalized spacial score (nSPS) is 10.7. The Labute approximate surface area is 97.3 Å². The predicted octanol–water partition coefficient (Wildman–Crippen LogP) is 1.74. The van der Waals surface area contributed by atoms with Crippen LogP contribution in [0.4, 0.5) is 10.1 Å². The van der Waals surface area contributed by atoms with Crippen molar-refractivity contribution in [3.63, 3.8) is 0 Å². The van der Waals surface area contributed by atoms with Crippen molar-refractivity contribution in [2.75, 3.05) is 0 Å². The van der Waals surface area contributed by atoms with Gasteiger partial charge in [0.2, 0.25) is 5.75 Å². The van der Waals surface area contributed by atoms with Crippen LogP contribution in [0.2, 0.25) is 5.15 Å². The van der Waals surface area contributed by atoms with Crippen molar-refractivity contribution >= 4 is 28.2 Å². The maximum Gasteiger partial charge on any atom is 0.372 e. The molecule has 0 saturated heterocycles. The minimum absolute atomic E-state index is 0.309. The van der Waals surface area contributed by atoms with Crippen LogP contribution >= 0.6 is 11.6 Å². The molecule has 17 heavy (non-hydrogen) atoms. The quantitative estimate of drug-likeness (QED) is 0.458. The van der Waals surface area contributed by atoms with Crippen LogP contribution in [-0.4, -0.2) is 25.1 Å². The van der Waals surface area contributed by atoms with Gasteiger partial charge in [0.25, 0.3) is 5.88 Å². The minimum atomic E-state index is -1.10. The first-order chi connectivity index (χ1) is 7.93. The van der Waals surface area contributed by atoms with Gasteiger partial charge in [-0.2, -0.15) is 0 Å². The lowest BCUT2D eigenvalue weighted by Crippen LogP contribution is -1.95. The molecule has 0 bridgehead atoms. The van der Waals surface area contributed by atoms with E-state index in [-0.39, 0.29) is 5.39 Å². The van der Waals surface area contributed by atoms with Crippen LogP contribution < -0.4 is 0 Å². The highest BCUT2D eigenvalue weighted by Gasteiger charge is 2.26. The molecule has 0 aliphatic carbocycles. The Kier molecular flexibility index (Phi) is 2.43. The summed E-state index contributed by atoms with van der Waals surface area (Å²) < 4.78 is 13.4. The van der Waals surface area contributed by atoms with Gasteiger partial charge in [-0.25, -0.2) is 14.4 Å². The van der Waals surface area contributed by atoms with E-state index in [0.29, 0.717) is 0 Å². The Balaban J connectivity index is 2.96. The van der Waals surface area contributed by atoms with Crippen LogP contribution in [0.15, 0.2) is 6.20 Å². The van der Waals surface area contributed by atoms with Gasteiger partial charge in [0.1, 0.15) is 5.52 Å². The molecule has 2 aromatic rings. The second-order valence-electron chi connectivity index (χ2n) is 3.02. The second kappa shape index (κ2) is 3.67. The van der Waals surface area contributed by atoms with Crippen molar-refractivity contribution in [3.05, 3.63) is 27.3 Å². The summed E-state index contributed by atoms with van der Waals surface area (Å²) in [6.45, 7) is 0. The van der Waals surface area contributed by atoms with Gasteiger partial charge in [0.15, 0.2) is 11.0 Å². The van der Waals surface area contributed by atoms with Gasteiger partial charge < -0.3 is 10.2 Å². The smallest absolute Gasteiger partial charge is 0.372 e. The molecule has 9 heteroatoms. The summed E-state index contributed by atoms with van der Waals surface area (Å²) in [4.78, 5) is 16.2. The first-order valence-electron chi connectivity index (χ1n) is 4.13. The van der Waals surface area contributed by atoms with Gasteiger partial charge in [0.05, 0.1) is 10.3 Å². The molecular weight excluding hydrogens is 257 g/mol. The summed E-state index contributed by atoms with van der Waals surface area (Å²) in [7, 11) is 0. The highest BCUT2D eigenvalue weighted by atomic mass is 35.5. The van der Waals surface area contributed by atoms with E-state index in [1.807, 2.05) is 0 Å². The number of nitrogens with zero attached hydrogens (tertiary/aromatic N) is 3. The van der Waals surface area contributed by atoms with Gasteiger partial charge >= 0.3 is 5.69 Å². The third kappa shape index (κ3) is 1.58. The zero-order valence-electron chi connectivity index (χ0n) is 7.89. The van der Waals surface area contributed by atoms with E-state index in [9.17, 15) is 24.7 Å². The van der Waals surface area contributed by atoms with Gasteiger partial charge in [0, 0.05) is 6.20 Å². The number of pyridine rings is 2. The summed E-state index contributed by atoms with van der Waals surface area (Å²) in [5, 5.41) is 28.5. The lowest BCUT2D eigenvalue weighted by molar-refractivity contribution is -0.387. The molecule has 0 aromatic carbocycles. The highest BCUT2D eigenvalue weighted by molar-refractivity contribution is 6.30. The molecule has 0 aliphatic rings. The number of halogens is 2. The second-order valence-corrected chi connectivity index (χ2v) is 3.37. The van der Waals surface area contributed by atoms with Crippen molar-refractivity contribution < 1.29 is 19.5 Å². The molecule has 0 atom stereocenters. The van der Waals surface area contributed by atoms with Crippen molar-refractivity contribution in [1.29, 1.82) is 0 Å². The SMILES string of the molecule is O=[N+]([O-])c1c(O)nc2c(F)c(Cl)ncc2c1O. The molecule has 0 saturated carbocycles. The molecule has 88 valence electrons. The summed E-state index contributed by atoms with van der Waals surface area (Å²) >= 11 is 5.37. The molecule has 7 nitrogen and oxygen atoms in total. The standard InChI is InChI=1S/C8H3ClFN3O4/c9-7-3(10)4-2(1-11-7)6(14)5(13(16)17)8(15)12-4/h1H,(H2,12,14,15). The predicted molar refractivity (Wildman–Crippen MR) is 54.5 cm³/mol. The van der Waals surface area contributed by atoms with Crippen molar-refractivity contribution in [2.45, 2.75) is 0 Å². The van der Waals surface area contributed by atoms with E-state index in [4.69, 9.17) is 11.6 Å². The summed E-state index contributed by atoms with van der Waals surface area (Å²) in [5.74, 6) is -3.09. The molecular formula is C8H3ClFN3O4. The van der Waals surface area contributed by atoms with E-state index in [1.54, 1.807) is 0 Å². The number of aromatic hydroxyl groups is 2. The molecule has 2 heterocycles. The first-order valence-corrected chi connectivity index (χ1v) is 4.51. The van der Waals surface area contributed by atoms with Crippen molar-refractivity contribution in [3.8, 4) is 11.6 Å². The highest BCUT2D eigenvalue weighted by Crippen LogP contribution is 2.40. The average Bonchev–Trinajstić information content (AvgIpc) is 2.23. The van der Waals surface area contributed by atoms with E-state index < -0.39 is 38.7 Å². The van der Waals surface area contributed by atoms with Crippen molar-refractivity contribution in [1.82, 2.24) is 9.97 Å². The lowest BCUT2D eigenvalue weighted by atomic mass is 10.2. The molecule has 2 N–H and O–H groups in total.